The third kappa shape index (κ3) is 3.96. The van der Waals surface area contributed by atoms with Crippen molar-refractivity contribution in [3.05, 3.63) is 35.4 Å². The quantitative estimate of drug-likeness (QED) is 0.893. The van der Waals surface area contributed by atoms with Gasteiger partial charge in [0, 0.05) is 18.2 Å². The maximum Gasteiger partial charge on any atom is 0.416 e. The number of alkyl halides is 3. The number of hydrogen-bond donors (Lipinski definition) is 2. The summed E-state index contributed by atoms with van der Waals surface area (Å²) in [5.41, 5.74) is -0.499. The van der Waals surface area contributed by atoms with Gasteiger partial charge >= 0.3 is 6.18 Å². The second-order valence-electron chi connectivity index (χ2n) is 4.91. The van der Waals surface area contributed by atoms with E-state index in [0.29, 0.717) is 12.6 Å². The van der Waals surface area contributed by atoms with Crippen molar-refractivity contribution in [3.63, 3.8) is 0 Å². The molecule has 0 aromatic heterocycles. The van der Waals surface area contributed by atoms with Gasteiger partial charge in [0.2, 0.25) is 0 Å². The van der Waals surface area contributed by atoms with Crippen LogP contribution in [0.1, 0.15) is 35.2 Å². The zero-order valence-corrected chi connectivity index (χ0v) is 11.0. The fourth-order valence-electron chi connectivity index (χ4n) is 2.28. The Labute approximate surface area is 115 Å². The molecular weight excluding hydrogens is 269 g/mol. The Morgan fingerprint density at radius 3 is 2.55 bits per heavy atom. The molecule has 110 valence electrons. The van der Waals surface area contributed by atoms with E-state index in [0.717, 1.165) is 37.9 Å². The molecule has 2 rings (SSSR count). The van der Waals surface area contributed by atoms with Gasteiger partial charge in [-0.15, -0.1) is 0 Å². The van der Waals surface area contributed by atoms with E-state index in [2.05, 4.69) is 10.6 Å². The van der Waals surface area contributed by atoms with Crippen LogP contribution in [-0.2, 0) is 6.18 Å². The van der Waals surface area contributed by atoms with Crippen LogP contribution in [0.4, 0.5) is 13.2 Å². The summed E-state index contributed by atoms with van der Waals surface area (Å²) < 4.78 is 37.2. The van der Waals surface area contributed by atoms with E-state index in [-0.39, 0.29) is 11.5 Å². The summed E-state index contributed by atoms with van der Waals surface area (Å²) in [5.74, 6) is -0.336. The predicted molar refractivity (Wildman–Crippen MR) is 69.4 cm³/mol. The van der Waals surface area contributed by atoms with Gasteiger partial charge in [0.05, 0.1) is 5.56 Å². The maximum atomic E-state index is 12.4. The second-order valence-corrected chi connectivity index (χ2v) is 4.91. The molecule has 0 spiro atoms. The average Bonchev–Trinajstić information content (AvgIpc) is 2.91. The first-order valence-electron chi connectivity index (χ1n) is 6.65. The predicted octanol–water partition coefficient (Wildman–Crippen LogP) is 2.58. The topological polar surface area (TPSA) is 41.1 Å². The Hall–Kier alpha value is -1.56. The zero-order chi connectivity index (χ0) is 14.6. The molecule has 2 N–H and O–H groups in total. The fourth-order valence-corrected chi connectivity index (χ4v) is 2.28. The van der Waals surface area contributed by atoms with Crippen molar-refractivity contribution in [2.45, 2.75) is 31.5 Å². The van der Waals surface area contributed by atoms with Gasteiger partial charge in [-0.2, -0.15) is 13.2 Å². The maximum absolute atomic E-state index is 12.4. The van der Waals surface area contributed by atoms with Crippen LogP contribution in [0.3, 0.4) is 0 Å². The molecule has 1 amide bonds. The normalized spacial score (nSPS) is 19.1. The highest BCUT2D eigenvalue weighted by atomic mass is 19.4. The van der Waals surface area contributed by atoms with Crippen molar-refractivity contribution in [3.8, 4) is 0 Å². The van der Waals surface area contributed by atoms with Gasteiger partial charge in [0.15, 0.2) is 0 Å². The molecule has 0 bridgehead atoms. The van der Waals surface area contributed by atoms with Gasteiger partial charge in [-0.3, -0.25) is 4.79 Å². The number of benzene rings is 1. The highest BCUT2D eigenvalue weighted by Gasteiger charge is 2.30. The van der Waals surface area contributed by atoms with Gasteiger partial charge in [0.25, 0.3) is 5.91 Å². The van der Waals surface area contributed by atoms with Crippen molar-refractivity contribution in [2.24, 2.45) is 0 Å². The Morgan fingerprint density at radius 1 is 1.30 bits per heavy atom. The Morgan fingerprint density at radius 2 is 2.00 bits per heavy atom. The molecule has 20 heavy (non-hydrogen) atoms. The number of halogens is 3. The molecule has 1 fully saturated rings. The first-order chi connectivity index (χ1) is 9.47. The number of carbonyl (C=O) groups is 1. The van der Waals surface area contributed by atoms with Crippen LogP contribution < -0.4 is 10.6 Å². The van der Waals surface area contributed by atoms with Crippen LogP contribution in [0.2, 0.25) is 0 Å². The Balaban J connectivity index is 1.82. The van der Waals surface area contributed by atoms with Gasteiger partial charge < -0.3 is 10.6 Å². The third-order valence-electron chi connectivity index (χ3n) is 3.42. The van der Waals surface area contributed by atoms with Crippen LogP contribution in [0, 0.1) is 0 Å². The zero-order valence-electron chi connectivity index (χ0n) is 11.0. The molecule has 1 atom stereocenters. The summed E-state index contributed by atoms with van der Waals surface area (Å²) in [6, 6.07) is 4.68. The number of amides is 1. The largest absolute Gasteiger partial charge is 0.416 e. The summed E-state index contributed by atoms with van der Waals surface area (Å²) in [4.78, 5) is 11.8. The van der Waals surface area contributed by atoms with Gasteiger partial charge in [0.1, 0.15) is 0 Å². The fraction of sp³-hybridized carbons (Fsp3) is 0.500. The number of rotatable bonds is 4. The lowest BCUT2D eigenvalue weighted by Crippen LogP contribution is -2.30. The molecule has 1 aromatic carbocycles. The average molecular weight is 286 g/mol. The second kappa shape index (κ2) is 6.26. The molecule has 1 aliphatic heterocycles. The summed E-state index contributed by atoms with van der Waals surface area (Å²) in [5, 5.41) is 6.04. The summed E-state index contributed by atoms with van der Waals surface area (Å²) in [6.45, 7) is 1.54. The van der Waals surface area contributed by atoms with Crippen molar-refractivity contribution in [2.75, 3.05) is 13.1 Å². The summed E-state index contributed by atoms with van der Waals surface area (Å²) in [6.07, 6.45) is -1.27. The van der Waals surface area contributed by atoms with Crippen LogP contribution in [0.15, 0.2) is 24.3 Å². The Bertz CT molecular complexity index is 450. The van der Waals surface area contributed by atoms with E-state index in [4.69, 9.17) is 0 Å². The number of nitrogens with one attached hydrogen (secondary N) is 2. The highest BCUT2D eigenvalue weighted by Crippen LogP contribution is 2.29. The number of carbonyl (C=O) groups excluding carboxylic acids is 1. The van der Waals surface area contributed by atoms with Gasteiger partial charge in [-0.25, -0.2) is 0 Å². The Kier molecular flexibility index (Phi) is 4.65. The van der Waals surface area contributed by atoms with Crippen LogP contribution in [0.5, 0.6) is 0 Å². The first kappa shape index (κ1) is 14.8. The lowest BCUT2D eigenvalue weighted by molar-refractivity contribution is -0.137. The lowest BCUT2D eigenvalue weighted by Gasteiger charge is -2.11. The minimum atomic E-state index is -4.37. The van der Waals surface area contributed by atoms with E-state index in [1.54, 1.807) is 0 Å². The molecular formula is C14H17F3N2O. The molecule has 0 aliphatic carbocycles. The molecule has 0 saturated carbocycles. The van der Waals surface area contributed by atoms with Crippen LogP contribution >= 0.6 is 0 Å². The van der Waals surface area contributed by atoms with Crippen LogP contribution in [-0.4, -0.2) is 25.0 Å². The molecule has 1 saturated heterocycles. The van der Waals surface area contributed by atoms with E-state index in [1.165, 1.54) is 12.1 Å². The van der Waals surface area contributed by atoms with Gasteiger partial charge in [-0.05, 0) is 50.1 Å². The molecule has 1 heterocycles. The first-order valence-corrected chi connectivity index (χ1v) is 6.65. The summed E-state index contributed by atoms with van der Waals surface area (Å²) >= 11 is 0. The molecule has 6 heteroatoms. The molecule has 3 nitrogen and oxygen atoms in total. The molecule has 1 aromatic rings. The van der Waals surface area contributed by atoms with E-state index in [1.807, 2.05) is 0 Å². The standard InChI is InChI=1S/C14H17F3N2O/c15-14(16,17)11-5-3-10(4-6-11)13(20)19-9-7-12-2-1-8-18-12/h3-6,12,18H,1-2,7-9H2,(H,19,20). The van der Waals surface area contributed by atoms with Crippen molar-refractivity contribution >= 4 is 5.91 Å². The monoisotopic (exact) mass is 286 g/mol. The third-order valence-corrected chi connectivity index (χ3v) is 3.42. The van der Waals surface area contributed by atoms with Crippen molar-refractivity contribution in [1.29, 1.82) is 0 Å². The highest BCUT2D eigenvalue weighted by molar-refractivity contribution is 5.94. The van der Waals surface area contributed by atoms with Crippen molar-refractivity contribution in [1.82, 2.24) is 10.6 Å². The molecule has 0 radical (unpaired) electrons. The molecule has 1 aliphatic rings. The smallest absolute Gasteiger partial charge is 0.352 e. The van der Waals surface area contributed by atoms with E-state index in [9.17, 15) is 18.0 Å². The van der Waals surface area contributed by atoms with Crippen LogP contribution in [0.25, 0.3) is 0 Å². The lowest BCUT2D eigenvalue weighted by atomic mass is 10.1. The minimum absolute atomic E-state index is 0.248. The van der Waals surface area contributed by atoms with Gasteiger partial charge in [-0.1, -0.05) is 0 Å². The molecule has 1 unspecified atom stereocenters. The van der Waals surface area contributed by atoms with E-state index < -0.39 is 11.7 Å². The van der Waals surface area contributed by atoms with E-state index >= 15 is 0 Å². The minimum Gasteiger partial charge on any atom is -0.352 e. The number of hydrogen-bond acceptors (Lipinski definition) is 2. The SMILES string of the molecule is O=C(NCCC1CCCN1)c1ccc(C(F)(F)F)cc1. The van der Waals surface area contributed by atoms with Crippen molar-refractivity contribution < 1.29 is 18.0 Å². The summed E-state index contributed by atoms with van der Waals surface area (Å²) in [7, 11) is 0.